The average molecular weight is 225 g/mol. The van der Waals surface area contributed by atoms with Crippen molar-refractivity contribution < 1.29 is 14.4 Å². The Morgan fingerprint density at radius 3 is 2.75 bits per heavy atom. The summed E-state index contributed by atoms with van der Waals surface area (Å²) in [6.07, 6.45) is 1.56. The van der Waals surface area contributed by atoms with E-state index in [1.54, 1.807) is 11.2 Å². The Morgan fingerprint density at radius 1 is 1.44 bits per heavy atom. The summed E-state index contributed by atoms with van der Waals surface area (Å²) >= 11 is 0. The highest BCUT2D eigenvalue weighted by molar-refractivity contribution is 5.77. The van der Waals surface area contributed by atoms with Crippen LogP contribution in [0.3, 0.4) is 0 Å². The number of aromatic nitrogens is 1. The normalized spacial score (nSPS) is 17.7. The highest BCUT2D eigenvalue weighted by atomic mass is 16.5. The van der Waals surface area contributed by atoms with Crippen LogP contribution in [0.2, 0.25) is 0 Å². The molecule has 6 nitrogen and oxygen atoms in total. The van der Waals surface area contributed by atoms with Crippen molar-refractivity contribution in [3.8, 4) is 0 Å². The molecular formula is C10H15N3O3. The summed E-state index contributed by atoms with van der Waals surface area (Å²) in [5.41, 5.74) is 0.905. The Balaban J connectivity index is 1.79. The molecule has 1 aliphatic heterocycles. The van der Waals surface area contributed by atoms with Crippen LogP contribution in [0.5, 0.6) is 0 Å². The molecule has 0 saturated carbocycles. The molecular weight excluding hydrogens is 210 g/mol. The van der Waals surface area contributed by atoms with E-state index in [4.69, 9.17) is 9.63 Å². The van der Waals surface area contributed by atoms with Gasteiger partial charge in [0.25, 0.3) is 0 Å². The van der Waals surface area contributed by atoms with Gasteiger partial charge in [0.1, 0.15) is 12.9 Å². The Bertz CT molecular complexity index is 331. The molecule has 0 spiro atoms. The molecule has 1 aliphatic rings. The van der Waals surface area contributed by atoms with Gasteiger partial charge < -0.3 is 14.5 Å². The molecule has 0 radical (unpaired) electrons. The first-order valence-corrected chi connectivity index (χ1v) is 5.30. The third kappa shape index (κ3) is 2.59. The summed E-state index contributed by atoms with van der Waals surface area (Å²) in [5, 5.41) is 12.6. The number of rotatable bonds is 3. The molecule has 88 valence electrons. The lowest BCUT2D eigenvalue weighted by Crippen LogP contribution is -2.49. The van der Waals surface area contributed by atoms with Crippen molar-refractivity contribution in [2.75, 3.05) is 32.8 Å². The molecule has 2 heterocycles. The van der Waals surface area contributed by atoms with Gasteiger partial charge in [-0.1, -0.05) is 5.16 Å². The molecule has 1 fully saturated rings. The van der Waals surface area contributed by atoms with Crippen molar-refractivity contribution in [1.29, 1.82) is 0 Å². The molecule has 2 rings (SSSR count). The van der Waals surface area contributed by atoms with Gasteiger partial charge in [0, 0.05) is 38.8 Å². The summed E-state index contributed by atoms with van der Waals surface area (Å²) in [7, 11) is 0. The van der Waals surface area contributed by atoms with E-state index in [9.17, 15) is 4.79 Å². The van der Waals surface area contributed by atoms with E-state index >= 15 is 0 Å². The van der Waals surface area contributed by atoms with Crippen LogP contribution in [0, 0.1) is 0 Å². The molecule has 1 amide bonds. The zero-order chi connectivity index (χ0) is 11.4. The minimum absolute atomic E-state index is 0.193. The molecule has 0 aliphatic carbocycles. The van der Waals surface area contributed by atoms with Gasteiger partial charge in [0.2, 0.25) is 5.91 Å². The second kappa shape index (κ2) is 5.09. The van der Waals surface area contributed by atoms with Crippen LogP contribution >= 0.6 is 0 Å². The van der Waals surface area contributed by atoms with Gasteiger partial charge in [0.05, 0.1) is 5.69 Å². The smallest absolute Gasteiger partial charge is 0.248 e. The van der Waals surface area contributed by atoms with Crippen molar-refractivity contribution in [2.45, 2.75) is 6.54 Å². The number of nitrogens with zero attached hydrogens (tertiary/aromatic N) is 3. The lowest BCUT2D eigenvalue weighted by Gasteiger charge is -2.33. The number of aliphatic hydroxyl groups excluding tert-OH is 1. The van der Waals surface area contributed by atoms with E-state index in [0.29, 0.717) is 13.1 Å². The number of carbonyl (C=O) groups excluding carboxylic acids is 1. The molecule has 0 atom stereocenters. The molecule has 1 aromatic rings. The number of piperazine rings is 1. The van der Waals surface area contributed by atoms with Crippen LogP contribution in [0.15, 0.2) is 16.9 Å². The van der Waals surface area contributed by atoms with Gasteiger partial charge in [-0.3, -0.25) is 9.69 Å². The zero-order valence-electron chi connectivity index (χ0n) is 9.00. The fourth-order valence-corrected chi connectivity index (χ4v) is 1.80. The van der Waals surface area contributed by atoms with Gasteiger partial charge in [-0.05, 0) is 0 Å². The summed E-state index contributed by atoms with van der Waals surface area (Å²) in [6.45, 7) is 3.28. The van der Waals surface area contributed by atoms with Crippen molar-refractivity contribution in [3.63, 3.8) is 0 Å². The quantitative estimate of drug-likeness (QED) is 0.737. The van der Waals surface area contributed by atoms with E-state index in [1.807, 2.05) is 6.07 Å². The van der Waals surface area contributed by atoms with E-state index in [1.165, 1.54) is 0 Å². The van der Waals surface area contributed by atoms with Gasteiger partial charge in [-0.25, -0.2) is 0 Å². The maximum atomic E-state index is 11.2. The van der Waals surface area contributed by atoms with Crippen LogP contribution in [0.4, 0.5) is 0 Å². The maximum Gasteiger partial charge on any atom is 0.248 e. The first-order chi connectivity index (χ1) is 7.79. The molecule has 6 heteroatoms. The van der Waals surface area contributed by atoms with Gasteiger partial charge in [-0.2, -0.15) is 0 Å². The van der Waals surface area contributed by atoms with E-state index < -0.39 is 6.61 Å². The third-order valence-electron chi connectivity index (χ3n) is 2.74. The monoisotopic (exact) mass is 225 g/mol. The minimum Gasteiger partial charge on any atom is -0.387 e. The van der Waals surface area contributed by atoms with Gasteiger partial charge in [-0.15, -0.1) is 0 Å². The van der Waals surface area contributed by atoms with E-state index in [2.05, 4.69) is 10.1 Å². The van der Waals surface area contributed by atoms with Crippen LogP contribution < -0.4 is 0 Å². The second-order valence-corrected chi connectivity index (χ2v) is 3.81. The molecule has 1 aromatic heterocycles. The molecule has 1 N–H and O–H groups in total. The molecule has 16 heavy (non-hydrogen) atoms. The molecule has 0 unspecified atom stereocenters. The van der Waals surface area contributed by atoms with Crippen LogP contribution in [-0.2, 0) is 11.3 Å². The van der Waals surface area contributed by atoms with Crippen LogP contribution in [-0.4, -0.2) is 58.8 Å². The van der Waals surface area contributed by atoms with E-state index in [-0.39, 0.29) is 5.91 Å². The van der Waals surface area contributed by atoms with Crippen molar-refractivity contribution in [2.24, 2.45) is 0 Å². The topological polar surface area (TPSA) is 69.8 Å². The Kier molecular flexibility index (Phi) is 3.53. The van der Waals surface area contributed by atoms with Gasteiger partial charge >= 0.3 is 0 Å². The zero-order valence-corrected chi connectivity index (χ0v) is 9.00. The van der Waals surface area contributed by atoms with E-state index in [0.717, 1.165) is 25.3 Å². The first-order valence-electron chi connectivity index (χ1n) is 5.30. The first kappa shape index (κ1) is 11.1. The number of amides is 1. The highest BCUT2D eigenvalue weighted by Crippen LogP contribution is 2.06. The summed E-state index contributed by atoms with van der Waals surface area (Å²) in [5.74, 6) is -0.193. The number of hydrogen-bond donors (Lipinski definition) is 1. The Morgan fingerprint density at radius 2 is 2.19 bits per heavy atom. The average Bonchev–Trinajstić information content (AvgIpc) is 2.82. The Labute approximate surface area is 93.4 Å². The summed E-state index contributed by atoms with van der Waals surface area (Å²) in [4.78, 5) is 15.1. The molecule has 0 bridgehead atoms. The SMILES string of the molecule is O=C(CO)N1CCN(Cc2ccon2)CC1. The lowest BCUT2D eigenvalue weighted by atomic mass is 10.3. The lowest BCUT2D eigenvalue weighted by molar-refractivity contribution is -0.136. The second-order valence-electron chi connectivity index (χ2n) is 3.81. The van der Waals surface area contributed by atoms with Crippen molar-refractivity contribution >= 4 is 5.91 Å². The number of aliphatic hydroxyl groups is 1. The highest BCUT2D eigenvalue weighted by Gasteiger charge is 2.20. The summed E-state index contributed by atoms with van der Waals surface area (Å²) < 4.78 is 4.76. The predicted molar refractivity (Wildman–Crippen MR) is 55.4 cm³/mol. The fraction of sp³-hybridized carbons (Fsp3) is 0.600. The van der Waals surface area contributed by atoms with Crippen LogP contribution in [0.25, 0.3) is 0 Å². The molecule has 1 saturated heterocycles. The standard InChI is InChI=1S/C10H15N3O3/c14-8-10(15)13-4-2-12(3-5-13)7-9-1-6-16-11-9/h1,6,14H,2-5,7-8H2. The van der Waals surface area contributed by atoms with Crippen LogP contribution in [0.1, 0.15) is 5.69 Å². The predicted octanol–water partition coefficient (Wildman–Crippen LogP) is -0.689. The van der Waals surface area contributed by atoms with Gasteiger partial charge in [0.15, 0.2) is 0 Å². The number of hydrogen-bond acceptors (Lipinski definition) is 5. The fourth-order valence-electron chi connectivity index (χ4n) is 1.80. The molecule has 0 aromatic carbocycles. The largest absolute Gasteiger partial charge is 0.387 e. The third-order valence-corrected chi connectivity index (χ3v) is 2.74. The minimum atomic E-state index is -0.400. The maximum absolute atomic E-state index is 11.2. The number of carbonyl (C=O) groups is 1. The Hall–Kier alpha value is -1.40. The summed E-state index contributed by atoms with van der Waals surface area (Å²) in [6, 6.07) is 1.84. The van der Waals surface area contributed by atoms with Crippen molar-refractivity contribution in [3.05, 3.63) is 18.0 Å². The van der Waals surface area contributed by atoms with Crippen molar-refractivity contribution in [1.82, 2.24) is 15.0 Å².